The minimum Gasteiger partial charge on any atom is -0.494 e. The molecule has 2 aromatic carbocycles. The first-order valence-corrected chi connectivity index (χ1v) is 10.3. The maximum atomic E-state index is 11.9. The van der Waals surface area contributed by atoms with Crippen LogP contribution in [0.1, 0.15) is 27.2 Å². The zero-order valence-corrected chi connectivity index (χ0v) is 17.0. The monoisotopic (exact) mass is 393 g/mol. The first-order valence-electron chi connectivity index (χ1n) is 9.48. The maximum absolute atomic E-state index is 11.9. The summed E-state index contributed by atoms with van der Waals surface area (Å²) in [6.07, 6.45) is 2.58. The number of anilines is 1. The number of nitrogens with zero attached hydrogens (tertiary/aromatic N) is 2. The molecule has 5 nitrogen and oxygen atoms in total. The Balaban J connectivity index is 1.58. The highest BCUT2D eigenvalue weighted by molar-refractivity contribution is 7.23. The molecule has 2 heterocycles. The zero-order valence-electron chi connectivity index (χ0n) is 16.2. The number of ether oxygens (including phenoxy) is 1. The minimum atomic E-state index is 0.0446. The van der Waals surface area contributed by atoms with Crippen molar-refractivity contribution in [3.05, 3.63) is 48.7 Å². The molecule has 0 aliphatic rings. The van der Waals surface area contributed by atoms with E-state index < -0.39 is 0 Å². The Bertz CT molecular complexity index is 1130. The quantitative estimate of drug-likeness (QED) is 0.464. The van der Waals surface area contributed by atoms with E-state index in [1.165, 1.54) is 0 Å². The van der Waals surface area contributed by atoms with E-state index in [1.807, 2.05) is 51.1 Å². The van der Waals surface area contributed by atoms with Gasteiger partial charge < -0.3 is 10.1 Å². The normalized spacial score (nSPS) is 11.4. The number of carbonyl (C=O) groups is 1. The largest absolute Gasteiger partial charge is 0.494 e. The Morgan fingerprint density at radius 2 is 2.00 bits per heavy atom. The minimum absolute atomic E-state index is 0.0446. The van der Waals surface area contributed by atoms with Gasteiger partial charge in [-0.2, -0.15) is 0 Å². The molecule has 1 amide bonds. The van der Waals surface area contributed by atoms with Crippen LogP contribution in [0.3, 0.4) is 0 Å². The Labute approximate surface area is 168 Å². The lowest BCUT2D eigenvalue weighted by Gasteiger charge is -2.07. The fraction of sp³-hybridized carbons (Fsp3) is 0.273. The van der Waals surface area contributed by atoms with Crippen LogP contribution >= 0.6 is 11.3 Å². The van der Waals surface area contributed by atoms with E-state index in [0.717, 1.165) is 37.9 Å². The fourth-order valence-electron chi connectivity index (χ4n) is 3.18. The predicted molar refractivity (Wildman–Crippen MR) is 115 cm³/mol. The third kappa shape index (κ3) is 3.73. The van der Waals surface area contributed by atoms with Gasteiger partial charge in [-0.25, -0.2) is 4.98 Å². The van der Waals surface area contributed by atoms with Crippen LogP contribution < -0.4 is 10.1 Å². The van der Waals surface area contributed by atoms with Crippen molar-refractivity contribution < 1.29 is 9.53 Å². The molecule has 0 radical (unpaired) electrons. The summed E-state index contributed by atoms with van der Waals surface area (Å²) in [5.41, 5.74) is 3.88. The van der Waals surface area contributed by atoms with E-state index in [2.05, 4.69) is 28.0 Å². The number of aromatic nitrogens is 2. The van der Waals surface area contributed by atoms with Crippen LogP contribution in [0.5, 0.6) is 5.75 Å². The summed E-state index contributed by atoms with van der Waals surface area (Å²) in [5, 5.41) is 2.94. The van der Waals surface area contributed by atoms with Crippen LogP contribution in [-0.4, -0.2) is 21.9 Å². The lowest BCUT2D eigenvalue weighted by atomic mass is 10.1. The Kier molecular flexibility index (Phi) is 5.05. The summed E-state index contributed by atoms with van der Waals surface area (Å²) in [6, 6.07) is 14.0. The standard InChI is InChI=1S/C22H23N3O2S/c1-4-27-17-9-10-19-20(12-17)28-22-24-18(13-25(19)22)15-5-7-16(8-6-15)23-21(26)11-14(2)3/h5-10,12-14H,4,11H2,1-3H3,(H,23,26). The van der Waals surface area contributed by atoms with Crippen molar-refractivity contribution >= 4 is 38.1 Å². The second-order valence-corrected chi connectivity index (χ2v) is 8.18. The molecule has 2 aromatic heterocycles. The number of hydrogen-bond acceptors (Lipinski definition) is 4. The second kappa shape index (κ2) is 7.64. The van der Waals surface area contributed by atoms with Crippen LogP contribution in [0.25, 0.3) is 26.4 Å². The molecule has 28 heavy (non-hydrogen) atoms. The van der Waals surface area contributed by atoms with Crippen molar-refractivity contribution in [2.24, 2.45) is 5.92 Å². The summed E-state index contributed by atoms with van der Waals surface area (Å²) in [6.45, 7) is 6.72. The Morgan fingerprint density at radius 3 is 2.71 bits per heavy atom. The third-order valence-corrected chi connectivity index (χ3v) is 5.45. The number of fused-ring (bicyclic) bond motifs is 3. The molecule has 0 saturated heterocycles. The van der Waals surface area contributed by atoms with E-state index >= 15 is 0 Å². The second-order valence-electron chi connectivity index (χ2n) is 7.17. The van der Waals surface area contributed by atoms with E-state index in [1.54, 1.807) is 11.3 Å². The number of benzene rings is 2. The summed E-state index contributed by atoms with van der Waals surface area (Å²) in [5.74, 6) is 1.27. The number of imidazole rings is 1. The molecule has 4 rings (SSSR count). The maximum Gasteiger partial charge on any atom is 0.224 e. The SMILES string of the molecule is CCOc1ccc2c(c1)sc1nc(-c3ccc(NC(=O)CC(C)C)cc3)cn12. The molecule has 0 saturated carbocycles. The van der Waals surface area contributed by atoms with Crippen LogP contribution in [0, 0.1) is 5.92 Å². The van der Waals surface area contributed by atoms with Crippen molar-refractivity contribution in [3.8, 4) is 17.0 Å². The van der Waals surface area contributed by atoms with E-state index in [9.17, 15) is 4.79 Å². The molecule has 0 aliphatic carbocycles. The molecule has 0 bridgehead atoms. The summed E-state index contributed by atoms with van der Waals surface area (Å²) < 4.78 is 8.86. The topological polar surface area (TPSA) is 55.6 Å². The number of carbonyl (C=O) groups excluding carboxylic acids is 1. The van der Waals surface area contributed by atoms with Crippen molar-refractivity contribution in [1.82, 2.24) is 9.38 Å². The summed E-state index contributed by atoms with van der Waals surface area (Å²) >= 11 is 1.65. The smallest absolute Gasteiger partial charge is 0.224 e. The van der Waals surface area contributed by atoms with E-state index in [4.69, 9.17) is 9.72 Å². The van der Waals surface area contributed by atoms with Crippen LogP contribution in [0.4, 0.5) is 5.69 Å². The number of amides is 1. The molecule has 0 unspecified atom stereocenters. The number of nitrogens with one attached hydrogen (secondary N) is 1. The predicted octanol–water partition coefficient (Wildman–Crippen LogP) is 5.60. The molecule has 6 heteroatoms. The summed E-state index contributed by atoms with van der Waals surface area (Å²) in [7, 11) is 0. The molecular weight excluding hydrogens is 370 g/mol. The van der Waals surface area contributed by atoms with Gasteiger partial charge in [0.05, 0.1) is 22.5 Å². The third-order valence-electron chi connectivity index (χ3n) is 4.43. The lowest BCUT2D eigenvalue weighted by Crippen LogP contribution is -2.13. The number of hydrogen-bond donors (Lipinski definition) is 1. The van der Waals surface area contributed by atoms with Crippen molar-refractivity contribution in [1.29, 1.82) is 0 Å². The fourth-order valence-corrected chi connectivity index (χ4v) is 4.22. The highest BCUT2D eigenvalue weighted by Crippen LogP contribution is 2.32. The van der Waals surface area contributed by atoms with Gasteiger partial charge in [-0.1, -0.05) is 37.3 Å². The van der Waals surface area contributed by atoms with Gasteiger partial charge in [0.25, 0.3) is 0 Å². The average Bonchev–Trinajstić information content (AvgIpc) is 3.19. The molecule has 0 fully saturated rings. The summed E-state index contributed by atoms with van der Waals surface area (Å²) in [4.78, 5) is 17.6. The van der Waals surface area contributed by atoms with Gasteiger partial charge in [0.1, 0.15) is 5.75 Å². The molecule has 4 aromatic rings. The molecular formula is C22H23N3O2S. The van der Waals surface area contributed by atoms with Crippen LogP contribution in [0.15, 0.2) is 48.7 Å². The Morgan fingerprint density at radius 1 is 1.21 bits per heavy atom. The van der Waals surface area contributed by atoms with Gasteiger partial charge in [-0.05, 0) is 43.2 Å². The first-order chi connectivity index (χ1) is 13.5. The highest BCUT2D eigenvalue weighted by atomic mass is 32.1. The van der Waals surface area contributed by atoms with Crippen molar-refractivity contribution in [2.45, 2.75) is 27.2 Å². The van der Waals surface area contributed by atoms with E-state index in [-0.39, 0.29) is 5.91 Å². The van der Waals surface area contributed by atoms with Crippen molar-refractivity contribution in [3.63, 3.8) is 0 Å². The average molecular weight is 394 g/mol. The van der Waals surface area contributed by atoms with Gasteiger partial charge in [-0.3, -0.25) is 9.20 Å². The lowest BCUT2D eigenvalue weighted by molar-refractivity contribution is -0.116. The number of thiazole rings is 1. The van der Waals surface area contributed by atoms with Gasteiger partial charge >= 0.3 is 0 Å². The van der Waals surface area contributed by atoms with Gasteiger partial charge in [0, 0.05) is 23.9 Å². The Hall–Kier alpha value is -2.86. The van der Waals surface area contributed by atoms with E-state index in [0.29, 0.717) is 18.9 Å². The molecule has 0 atom stereocenters. The number of rotatable bonds is 6. The molecule has 0 spiro atoms. The zero-order chi connectivity index (χ0) is 19.7. The highest BCUT2D eigenvalue weighted by Gasteiger charge is 2.11. The molecule has 0 aliphatic heterocycles. The van der Waals surface area contributed by atoms with Crippen LogP contribution in [0.2, 0.25) is 0 Å². The first kappa shape index (κ1) is 18.5. The van der Waals surface area contributed by atoms with Crippen molar-refractivity contribution in [2.75, 3.05) is 11.9 Å². The molecule has 144 valence electrons. The van der Waals surface area contributed by atoms with Gasteiger partial charge in [0.2, 0.25) is 5.91 Å². The van der Waals surface area contributed by atoms with Crippen LogP contribution in [-0.2, 0) is 4.79 Å². The van der Waals surface area contributed by atoms with Gasteiger partial charge in [-0.15, -0.1) is 0 Å². The molecule has 1 N–H and O–H groups in total. The van der Waals surface area contributed by atoms with Gasteiger partial charge in [0.15, 0.2) is 4.96 Å².